The third kappa shape index (κ3) is 3.51. The SMILES string of the molecule is CCn1ccc(=O)nc1SC1CCCN(c2cccc(F)c2)C1=O. The molecule has 1 saturated heterocycles. The van der Waals surface area contributed by atoms with Crippen LogP contribution in [-0.4, -0.2) is 27.3 Å². The second kappa shape index (κ2) is 7.17. The molecular weight excluding hydrogens is 329 g/mol. The lowest BCUT2D eigenvalue weighted by Crippen LogP contribution is -2.43. The summed E-state index contributed by atoms with van der Waals surface area (Å²) in [7, 11) is 0. The highest BCUT2D eigenvalue weighted by molar-refractivity contribution is 8.00. The molecule has 0 bridgehead atoms. The molecule has 1 aliphatic rings. The van der Waals surface area contributed by atoms with Crippen molar-refractivity contribution < 1.29 is 9.18 Å². The van der Waals surface area contributed by atoms with Crippen LogP contribution in [-0.2, 0) is 11.3 Å². The van der Waals surface area contributed by atoms with Crippen LogP contribution >= 0.6 is 11.8 Å². The van der Waals surface area contributed by atoms with Gasteiger partial charge in [0.25, 0.3) is 5.56 Å². The van der Waals surface area contributed by atoms with Crippen LogP contribution in [0.25, 0.3) is 0 Å². The zero-order valence-corrected chi connectivity index (χ0v) is 14.1. The number of halogens is 1. The first-order valence-corrected chi connectivity index (χ1v) is 8.77. The van der Waals surface area contributed by atoms with Crippen molar-refractivity contribution in [3.8, 4) is 0 Å². The van der Waals surface area contributed by atoms with Crippen LogP contribution in [0.3, 0.4) is 0 Å². The lowest BCUT2D eigenvalue weighted by Gasteiger charge is -2.32. The van der Waals surface area contributed by atoms with Crippen LogP contribution in [0.4, 0.5) is 10.1 Å². The number of aromatic nitrogens is 2. The number of rotatable bonds is 4. The van der Waals surface area contributed by atoms with Gasteiger partial charge in [-0.15, -0.1) is 0 Å². The second-order valence-electron chi connectivity index (χ2n) is 5.55. The number of carbonyl (C=O) groups is 1. The maximum absolute atomic E-state index is 13.4. The molecule has 2 heterocycles. The highest BCUT2D eigenvalue weighted by Crippen LogP contribution is 2.31. The van der Waals surface area contributed by atoms with E-state index in [0.717, 1.165) is 6.42 Å². The number of nitrogens with zero attached hydrogens (tertiary/aromatic N) is 3. The predicted octanol–water partition coefficient (Wildman–Crippen LogP) is 2.69. The molecule has 0 aliphatic carbocycles. The van der Waals surface area contributed by atoms with Gasteiger partial charge in [-0.05, 0) is 38.0 Å². The number of aryl methyl sites for hydroxylation is 1. The summed E-state index contributed by atoms with van der Waals surface area (Å²) in [6.45, 7) is 3.20. The smallest absolute Gasteiger partial charge is 0.273 e. The van der Waals surface area contributed by atoms with Gasteiger partial charge in [-0.3, -0.25) is 9.59 Å². The number of anilines is 1. The van der Waals surface area contributed by atoms with Gasteiger partial charge in [0.1, 0.15) is 5.82 Å². The van der Waals surface area contributed by atoms with Crippen molar-refractivity contribution in [1.29, 1.82) is 0 Å². The molecule has 7 heteroatoms. The van der Waals surface area contributed by atoms with Crippen LogP contribution in [0.2, 0.25) is 0 Å². The van der Waals surface area contributed by atoms with E-state index in [0.29, 0.717) is 30.4 Å². The molecule has 0 spiro atoms. The minimum Gasteiger partial charge on any atom is -0.328 e. The average Bonchev–Trinajstić information content (AvgIpc) is 2.57. The highest BCUT2D eigenvalue weighted by Gasteiger charge is 2.31. The Hall–Kier alpha value is -2.15. The van der Waals surface area contributed by atoms with E-state index in [2.05, 4.69) is 4.98 Å². The highest BCUT2D eigenvalue weighted by atomic mass is 32.2. The van der Waals surface area contributed by atoms with E-state index >= 15 is 0 Å². The van der Waals surface area contributed by atoms with Gasteiger partial charge in [-0.1, -0.05) is 17.8 Å². The molecule has 1 aliphatic heterocycles. The van der Waals surface area contributed by atoms with Gasteiger partial charge in [0.05, 0.1) is 5.25 Å². The fourth-order valence-corrected chi connectivity index (χ4v) is 3.96. The van der Waals surface area contributed by atoms with E-state index < -0.39 is 0 Å². The number of thioether (sulfide) groups is 1. The van der Waals surface area contributed by atoms with Gasteiger partial charge in [-0.25, -0.2) is 4.39 Å². The normalized spacial score (nSPS) is 18.0. The molecule has 5 nitrogen and oxygen atoms in total. The number of hydrogen-bond donors (Lipinski definition) is 0. The summed E-state index contributed by atoms with van der Waals surface area (Å²) in [4.78, 5) is 30.0. The van der Waals surface area contributed by atoms with Crippen LogP contribution in [0.5, 0.6) is 0 Å². The maximum Gasteiger partial charge on any atom is 0.273 e. The number of carbonyl (C=O) groups excluding carboxylic acids is 1. The zero-order valence-electron chi connectivity index (χ0n) is 13.3. The first kappa shape index (κ1) is 16.7. The Kier molecular flexibility index (Phi) is 4.99. The van der Waals surface area contributed by atoms with Gasteiger partial charge in [0, 0.05) is 31.0 Å². The van der Waals surface area contributed by atoms with Crippen LogP contribution in [0.15, 0.2) is 46.5 Å². The van der Waals surface area contributed by atoms with E-state index in [1.54, 1.807) is 23.2 Å². The molecule has 126 valence electrons. The van der Waals surface area contributed by atoms with Gasteiger partial charge in [-0.2, -0.15) is 4.98 Å². The Bertz CT molecular complexity index is 808. The van der Waals surface area contributed by atoms with Crippen LogP contribution in [0.1, 0.15) is 19.8 Å². The van der Waals surface area contributed by atoms with Gasteiger partial charge < -0.3 is 9.47 Å². The minimum atomic E-state index is -0.361. The molecule has 0 saturated carbocycles. The maximum atomic E-state index is 13.4. The van der Waals surface area contributed by atoms with Crippen molar-refractivity contribution in [3.63, 3.8) is 0 Å². The van der Waals surface area contributed by atoms with Crippen molar-refractivity contribution in [2.45, 2.75) is 36.7 Å². The fraction of sp³-hybridized carbons (Fsp3) is 0.353. The number of hydrogen-bond acceptors (Lipinski definition) is 4. The van der Waals surface area contributed by atoms with Gasteiger partial charge >= 0.3 is 0 Å². The zero-order chi connectivity index (χ0) is 17.1. The number of piperidine rings is 1. The van der Waals surface area contributed by atoms with Crippen molar-refractivity contribution in [1.82, 2.24) is 9.55 Å². The van der Waals surface area contributed by atoms with Crippen LogP contribution in [0, 0.1) is 5.82 Å². The predicted molar refractivity (Wildman–Crippen MR) is 91.8 cm³/mol. The third-order valence-electron chi connectivity index (χ3n) is 3.95. The second-order valence-corrected chi connectivity index (χ2v) is 6.72. The van der Waals surface area contributed by atoms with Crippen LogP contribution < -0.4 is 10.5 Å². The quantitative estimate of drug-likeness (QED) is 0.798. The molecule has 1 fully saturated rings. The molecule has 1 atom stereocenters. The van der Waals surface area contributed by atoms with Crippen molar-refractivity contribution >= 4 is 23.4 Å². The van der Waals surface area contributed by atoms with Crippen molar-refractivity contribution in [2.24, 2.45) is 0 Å². The number of benzene rings is 1. The summed E-state index contributed by atoms with van der Waals surface area (Å²) in [5.74, 6) is -0.433. The van der Waals surface area contributed by atoms with Gasteiger partial charge in [0.15, 0.2) is 5.16 Å². The Morgan fingerprint density at radius 3 is 2.92 bits per heavy atom. The monoisotopic (exact) mass is 347 g/mol. The summed E-state index contributed by atoms with van der Waals surface area (Å²) >= 11 is 1.31. The third-order valence-corrected chi connectivity index (χ3v) is 5.20. The summed E-state index contributed by atoms with van der Waals surface area (Å²) in [6, 6.07) is 7.47. The summed E-state index contributed by atoms with van der Waals surface area (Å²) in [6.07, 6.45) is 3.22. The molecule has 2 aromatic rings. The first-order chi connectivity index (χ1) is 11.6. The Balaban J connectivity index is 1.83. The van der Waals surface area contributed by atoms with E-state index in [1.165, 1.54) is 30.0 Å². The molecule has 1 unspecified atom stereocenters. The van der Waals surface area contributed by atoms with E-state index in [4.69, 9.17) is 0 Å². The van der Waals surface area contributed by atoms with E-state index in [-0.39, 0.29) is 22.5 Å². The summed E-state index contributed by atoms with van der Waals surface area (Å²) < 4.78 is 15.3. The molecule has 24 heavy (non-hydrogen) atoms. The average molecular weight is 347 g/mol. The molecular formula is C17H18FN3O2S. The molecule has 1 aromatic carbocycles. The largest absolute Gasteiger partial charge is 0.328 e. The fourth-order valence-electron chi connectivity index (χ4n) is 2.73. The van der Waals surface area contributed by atoms with E-state index in [9.17, 15) is 14.0 Å². The summed E-state index contributed by atoms with van der Waals surface area (Å²) in [5.41, 5.74) is 0.256. The lowest BCUT2D eigenvalue weighted by molar-refractivity contribution is -0.119. The van der Waals surface area contributed by atoms with Crippen molar-refractivity contribution in [2.75, 3.05) is 11.4 Å². The van der Waals surface area contributed by atoms with Crippen molar-refractivity contribution in [3.05, 3.63) is 52.7 Å². The Morgan fingerprint density at radius 1 is 1.33 bits per heavy atom. The topological polar surface area (TPSA) is 55.2 Å². The Morgan fingerprint density at radius 2 is 2.17 bits per heavy atom. The number of amides is 1. The van der Waals surface area contributed by atoms with E-state index in [1.807, 2.05) is 11.5 Å². The first-order valence-electron chi connectivity index (χ1n) is 7.89. The standard InChI is InChI=1S/C17H18FN3O2S/c1-2-20-10-8-15(22)19-17(20)24-14-7-4-9-21(16(14)23)13-6-3-5-12(18)11-13/h3,5-6,8,10-11,14H,2,4,7,9H2,1H3. The molecule has 1 aromatic heterocycles. The molecule has 0 radical (unpaired) electrons. The molecule has 0 N–H and O–H groups in total. The molecule has 1 amide bonds. The lowest BCUT2D eigenvalue weighted by atomic mass is 10.1. The minimum absolute atomic E-state index is 0.0717. The summed E-state index contributed by atoms with van der Waals surface area (Å²) in [5, 5.41) is 0.221. The Labute approximate surface area is 143 Å². The molecule has 3 rings (SSSR count). The van der Waals surface area contributed by atoms with Gasteiger partial charge in [0.2, 0.25) is 5.91 Å².